The number of hydrogen-bond acceptors (Lipinski definition) is 1. The first-order chi connectivity index (χ1) is 7.99. The highest BCUT2D eigenvalue weighted by molar-refractivity contribution is 5.66. The molecule has 0 spiro atoms. The molecule has 0 saturated carbocycles. The van der Waals surface area contributed by atoms with Gasteiger partial charge < -0.3 is 5.11 Å². The zero-order chi connectivity index (χ0) is 12.6. The molecule has 0 aliphatic heterocycles. The zero-order valence-electron chi connectivity index (χ0n) is 8.97. The van der Waals surface area contributed by atoms with E-state index in [2.05, 4.69) is 0 Å². The lowest BCUT2D eigenvalue weighted by Gasteiger charge is -2.07. The Morgan fingerprint density at radius 1 is 0.941 bits per heavy atom. The molecular weight excluding hydrogens is 229 g/mol. The van der Waals surface area contributed by atoms with Crippen molar-refractivity contribution in [2.24, 2.45) is 0 Å². The van der Waals surface area contributed by atoms with Crippen LogP contribution < -0.4 is 0 Å². The van der Waals surface area contributed by atoms with E-state index in [0.717, 1.165) is 0 Å². The summed E-state index contributed by atoms with van der Waals surface area (Å²) >= 11 is 0. The van der Waals surface area contributed by atoms with Crippen molar-refractivity contribution >= 4 is 0 Å². The van der Waals surface area contributed by atoms with Gasteiger partial charge in [0.15, 0.2) is 0 Å². The van der Waals surface area contributed by atoms with Gasteiger partial charge in [-0.05, 0) is 30.2 Å². The molecule has 0 aliphatic carbocycles. The number of phenols is 1. The molecule has 88 valence electrons. The minimum Gasteiger partial charge on any atom is -0.508 e. The molecule has 0 amide bonds. The number of aromatic hydroxyl groups is 1. The highest BCUT2D eigenvalue weighted by Gasteiger charge is 2.14. The predicted molar refractivity (Wildman–Crippen MR) is 58.2 cm³/mol. The third kappa shape index (κ3) is 2.11. The Hall–Kier alpha value is -1.97. The van der Waals surface area contributed by atoms with Gasteiger partial charge in [0, 0.05) is 12.1 Å². The molecule has 2 aromatic rings. The van der Waals surface area contributed by atoms with Crippen molar-refractivity contribution in [3.8, 4) is 16.9 Å². The Bertz CT molecular complexity index is 556. The van der Waals surface area contributed by atoms with E-state index in [1.165, 1.54) is 18.2 Å². The van der Waals surface area contributed by atoms with Crippen LogP contribution >= 0.6 is 0 Å². The van der Waals surface area contributed by atoms with Crippen molar-refractivity contribution in [2.75, 3.05) is 0 Å². The van der Waals surface area contributed by atoms with E-state index in [0.29, 0.717) is 17.7 Å². The van der Waals surface area contributed by atoms with Gasteiger partial charge in [0.05, 0.1) is 5.56 Å². The summed E-state index contributed by atoms with van der Waals surface area (Å²) in [5, 5.41) is 9.33. The van der Waals surface area contributed by atoms with E-state index in [-0.39, 0.29) is 16.9 Å². The lowest BCUT2D eigenvalue weighted by molar-refractivity contribution is 0.471. The van der Waals surface area contributed by atoms with E-state index < -0.39 is 17.5 Å². The maximum Gasteiger partial charge on any atom is 0.136 e. The Morgan fingerprint density at radius 2 is 1.53 bits per heavy atom. The predicted octanol–water partition coefficient (Wildman–Crippen LogP) is 3.78. The summed E-state index contributed by atoms with van der Waals surface area (Å²) in [7, 11) is 0. The van der Waals surface area contributed by atoms with Crippen LogP contribution in [0.2, 0.25) is 0 Å². The number of phenolic OH excluding ortho intramolecular Hbond substituents is 1. The molecule has 0 atom stereocenters. The van der Waals surface area contributed by atoms with Crippen molar-refractivity contribution < 1.29 is 18.3 Å². The Balaban J connectivity index is 2.64. The summed E-state index contributed by atoms with van der Waals surface area (Å²) in [5.41, 5.74) is 0.454. The maximum absolute atomic E-state index is 13.5. The second-order valence-electron chi connectivity index (χ2n) is 3.75. The Kier molecular flexibility index (Phi) is 2.79. The summed E-state index contributed by atoms with van der Waals surface area (Å²) in [6, 6.07) is 5.41. The van der Waals surface area contributed by atoms with Crippen LogP contribution in [0.1, 0.15) is 5.56 Å². The molecular formula is C13H9F3O. The monoisotopic (exact) mass is 238 g/mol. The highest BCUT2D eigenvalue weighted by atomic mass is 19.1. The fraction of sp³-hybridized carbons (Fsp3) is 0.0769. The zero-order valence-corrected chi connectivity index (χ0v) is 8.97. The topological polar surface area (TPSA) is 20.2 Å². The summed E-state index contributed by atoms with van der Waals surface area (Å²) in [6.45, 7) is 1.61. The SMILES string of the molecule is Cc1cc(-c2c(F)cc(F)cc2F)ccc1O. The summed E-state index contributed by atoms with van der Waals surface area (Å²) in [6.07, 6.45) is 0. The van der Waals surface area contributed by atoms with Gasteiger partial charge >= 0.3 is 0 Å². The first kappa shape index (κ1) is 11.5. The van der Waals surface area contributed by atoms with Crippen molar-refractivity contribution in [1.82, 2.24) is 0 Å². The van der Waals surface area contributed by atoms with Crippen LogP contribution in [-0.4, -0.2) is 5.11 Å². The molecule has 4 heteroatoms. The number of halogens is 3. The molecule has 0 saturated heterocycles. The highest BCUT2D eigenvalue weighted by Crippen LogP contribution is 2.30. The summed E-state index contributed by atoms with van der Waals surface area (Å²) < 4.78 is 39.7. The van der Waals surface area contributed by atoms with E-state index in [1.54, 1.807) is 6.92 Å². The third-order valence-electron chi connectivity index (χ3n) is 2.49. The molecule has 0 fully saturated rings. The van der Waals surface area contributed by atoms with Crippen LogP contribution in [0.25, 0.3) is 11.1 Å². The van der Waals surface area contributed by atoms with Crippen molar-refractivity contribution in [2.45, 2.75) is 6.92 Å². The van der Waals surface area contributed by atoms with Crippen LogP contribution in [-0.2, 0) is 0 Å². The van der Waals surface area contributed by atoms with E-state index >= 15 is 0 Å². The fourth-order valence-corrected chi connectivity index (χ4v) is 1.63. The molecule has 17 heavy (non-hydrogen) atoms. The third-order valence-corrected chi connectivity index (χ3v) is 2.49. The molecule has 1 nitrogen and oxygen atoms in total. The first-order valence-corrected chi connectivity index (χ1v) is 4.93. The van der Waals surface area contributed by atoms with Crippen LogP contribution in [0, 0.1) is 24.4 Å². The lowest BCUT2D eigenvalue weighted by atomic mass is 10.0. The summed E-state index contributed by atoms with van der Waals surface area (Å²) in [5.74, 6) is -2.85. The normalized spacial score (nSPS) is 10.6. The van der Waals surface area contributed by atoms with Crippen LogP contribution in [0.15, 0.2) is 30.3 Å². The van der Waals surface area contributed by atoms with E-state index in [4.69, 9.17) is 0 Å². The first-order valence-electron chi connectivity index (χ1n) is 4.93. The van der Waals surface area contributed by atoms with Crippen LogP contribution in [0.3, 0.4) is 0 Å². The Morgan fingerprint density at radius 3 is 2.06 bits per heavy atom. The number of benzene rings is 2. The number of hydrogen-bond donors (Lipinski definition) is 1. The molecule has 2 rings (SSSR count). The van der Waals surface area contributed by atoms with Gasteiger partial charge in [-0.15, -0.1) is 0 Å². The quantitative estimate of drug-likeness (QED) is 0.801. The number of aryl methyl sites for hydroxylation is 1. The Labute approximate surface area is 96.1 Å². The molecule has 0 aromatic heterocycles. The number of rotatable bonds is 1. The lowest BCUT2D eigenvalue weighted by Crippen LogP contribution is -1.92. The van der Waals surface area contributed by atoms with Gasteiger partial charge in [0.2, 0.25) is 0 Å². The average Bonchev–Trinajstić information content (AvgIpc) is 2.21. The average molecular weight is 238 g/mol. The molecule has 0 aliphatic rings. The van der Waals surface area contributed by atoms with E-state index in [9.17, 15) is 18.3 Å². The van der Waals surface area contributed by atoms with Crippen molar-refractivity contribution in [3.63, 3.8) is 0 Å². The van der Waals surface area contributed by atoms with Crippen LogP contribution in [0.5, 0.6) is 5.75 Å². The van der Waals surface area contributed by atoms with Crippen molar-refractivity contribution in [1.29, 1.82) is 0 Å². The molecule has 0 heterocycles. The smallest absolute Gasteiger partial charge is 0.136 e. The van der Waals surface area contributed by atoms with Gasteiger partial charge in [-0.25, -0.2) is 13.2 Å². The maximum atomic E-state index is 13.5. The van der Waals surface area contributed by atoms with Gasteiger partial charge in [0.1, 0.15) is 23.2 Å². The van der Waals surface area contributed by atoms with Gasteiger partial charge in [0.25, 0.3) is 0 Å². The van der Waals surface area contributed by atoms with Gasteiger partial charge in [-0.2, -0.15) is 0 Å². The molecule has 0 bridgehead atoms. The molecule has 0 radical (unpaired) electrons. The largest absolute Gasteiger partial charge is 0.508 e. The van der Waals surface area contributed by atoms with Gasteiger partial charge in [-0.3, -0.25) is 0 Å². The second kappa shape index (κ2) is 4.13. The molecule has 1 N–H and O–H groups in total. The minimum absolute atomic E-state index is 0.0386. The fourth-order valence-electron chi connectivity index (χ4n) is 1.63. The standard InChI is InChI=1S/C13H9F3O/c1-7-4-8(2-3-12(7)17)13-10(15)5-9(14)6-11(13)16/h2-6,17H,1H3. The van der Waals surface area contributed by atoms with Crippen LogP contribution in [0.4, 0.5) is 13.2 Å². The second-order valence-corrected chi connectivity index (χ2v) is 3.75. The van der Waals surface area contributed by atoms with Gasteiger partial charge in [-0.1, -0.05) is 6.07 Å². The minimum atomic E-state index is -0.965. The van der Waals surface area contributed by atoms with E-state index in [1.807, 2.05) is 0 Å². The molecule has 0 unspecified atom stereocenters. The van der Waals surface area contributed by atoms with Crippen molar-refractivity contribution in [3.05, 3.63) is 53.3 Å². The molecule has 2 aromatic carbocycles. The summed E-state index contributed by atoms with van der Waals surface area (Å²) in [4.78, 5) is 0.